The molecule has 0 bridgehead atoms. The Balaban J connectivity index is 0.00000132. The SMILES string of the molecule is CC1CCCCN1CCNC(=O)[C@@]12CCCC[C@H]1CNC2.Cl.Cl. The van der Waals surface area contributed by atoms with Crippen molar-refractivity contribution < 1.29 is 4.79 Å². The number of halogens is 2. The Hall–Kier alpha value is -0.0300. The first kappa shape index (κ1) is 21.0. The summed E-state index contributed by atoms with van der Waals surface area (Å²) in [6, 6.07) is 0.685. The van der Waals surface area contributed by atoms with E-state index in [4.69, 9.17) is 0 Å². The van der Waals surface area contributed by atoms with E-state index in [1.165, 1.54) is 45.1 Å². The quantitative estimate of drug-likeness (QED) is 0.804. The molecule has 1 saturated carbocycles. The van der Waals surface area contributed by atoms with Gasteiger partial charge in [-0.3, -0.25) is 9.69 Å². The van der Waals surface area contributed by atoms with Gasteiger partial charge in [0.1, 0.15) is 0 Å². The van der Waals surface area contributed by atoms with Crippen LogP contribution < -0.4 is 10.6 Å². The summed E-state index contributed by atoms with van der Waals surface area (Å²) in [5.41, 5.74) is -0.0915. The maximum absolute atomic E-state index is 12.8. The number of hydrogen-bond donors (Lipinski definition) is 2. The van der Waals surface area contributed by atoms with Crippen LogP contribution in [0.25, 0.3) is 0 Å². The molecule has 0 aromatic rings. The van der Waals surface area contributed by atoms with Gasteiger partial charge in [0.2, 0.25) is 5.91 Å². The zero-order valence-electron chi connectivity index (χ0n) is 14.3. The van der Waals surface area contributed by atoms with Crippen molar-refractivity contribution in [3.05, 3.63) is 0 Å². The van der Waals surface area contributed by atoms with Gasteiger partial charge in [-0.1, -0.05) is 19.3 Å². The van der Waals surface area contributed by atoms with Gasteiger partial charge in [0.15, 0.2) is 0 Å². The lowest BCUT2D eigenvalue weighted by Crippen LogP contribution is -2.50. The predicted molar refractivity (Wildman–Crippen MR) is 99.7 cm³/mol. The Kier molecular flexibility index (Phi) is 8.64. The van der Waals surface area contributed by atoms with Crippen LogP contribution in [0.2, 0.25) is 0 Å². The summed E-state index contributed by atoms with van der Waals surface area (Å²) < 4.78 is 0. The van der Waals surface area contributed by atoms with E-state index in [-0.39, 0.29) is 30.2 Å². The standard InChI is InChI=1S/C17H31N3O.2ClH/c1-14-6-3-5-10-20(14)11-9-19-16(21)17-8-4-2-7-15(17)12-18-13-17;;/h14-15,18H,2-13H2,1H3,(H,19,21);2*1H/t14?,15-,17+;;/m0../s1. The highest BCUT2D eigenvalue weighted by Gasteiger charge is 2.49. The van der Waals surface area contributed by atoms with E-state index < -0.39 is 0 Å². The van der Waals surface area contributed by atoms with Gasteiger partial charge in [0.05, 0.1) is 5.41 Å². The van der Waals surface area contributed by atoms with Gasteiger partial charge in [-0.15, -0.1) is 24.8 Å². The number of nitrogens with one attached hydrogen (secondary N) is 2. The zero-order valence-corrected chi connectivity index (χ0v) is 15.9. The van der Waals surface area contributed by atoms with Crippen molar-refractivity contribution in [2.24, 2.45) is 11.3 Å². The monoisotopic (exact) mass is 365 g/mol. The molecule has 0 aromatic heterocycles. The number of amides is 1. The number of piperidine rings is 1. The average molecular weight is 366 g/mol. The third kappa shape index (κ3) is 4.53. The molecule has 23 heavy (non-hydrogen) atoms. The summed E-state index contributed by atoms with van der Waals surface area (Å²) >= 11 is 0. The second-order valence-corrected chi connectivity index (χ2v) is 7.37. The molecule has 3 aliphatic rings. The summed E-state index contributed by atoms with van der Waals surface area (Å²) in [5, 5.41) is 6.72. The minimum absolute atomic E-state index is 0. The first-order valence-electron chi connectivity index (χ1n) is 8.95. The van der Waals surface area contributed by atoms with Gasteiger partial charge in [0.25, 0.3) is 0 Å². The molecule has 2 saturated heterocycles. The molecular weight excluding hydrogens is 333 g/mol. The van der Waals surface area contributed by atoms with E-state index in [1.54, 1.807) is 0 Å². The molecule has 2 heterocycles. The van der Waals surface area contributed by atoms with Gasteiger partial charge >= 0.3 is 0 Å². The molecule has 1 unspecified atom stereocenters. The summed E-state index contributed by atoms with van der Waals surface area (Å²) in [4.78, 5) is 15.3. The minimum atomic E-state index is -0.0915. The summed E-state index contributed by atoms with van der Waals surface area (Å²) in [6.45, 7) is 7.28. The number of rotatable bonds is 4. The molecule has 0 spiro atoms. The lowest BCUT2D eigenvalue weighted by molar-refractivity contribution is -0.134. The highest BCUT2D eigenvalue weighted by Crippen LogP contribution is 2.43. The molecule has 2 N–H and O–H groups in total. The Bertz CT molecular complexity index is 383. The van der Waals surface area contributed by atoms with Crippen molar-refractivity contribution in [2.75, 3.05) is 32.7 Å². The normalized spacial score (nSPS) is 34.0. The molecule has 4 nitrogen and oxygen atoms in total. The smallest absolute Gasteiger partial charge is 0.227 e. The minimum Gasteiger partial charge on any atom is -0.354 e. The first-order valence-corrected chi connectivity index (χ1v) is 8.95. The van der Waals surface area contributed by atoms with Crippen molar-refractivity contribution in [1.29, 1.82) is 0 Å². The zero-order chi connectivity index (χ0) is 14.7. The summed E-state index contributed by atoms with van der Waals surface area (Å²) in [6.07, 6.45) is 8.81. The molecule has 1 amide bonds. The number of hydrogen-bond acceptors (Lipinski definition) is 3. The Morgan fingerprint density at radius 2 is 2.00 bits per heavy atom. The molecule has 3 rings (SSSR count). The fourth-order valence-corrected chi connectivity index (χ4v) is 4.67. The van der Waals surface area contributed by atoms with E-state index in [9.17, 15) is 4.79 Å². The third-order valence-corrected chi connectivity index (χ3v) is 6.12. The average Bonchev–Trinajstić information content (AvgIpc) is 2.94. The molecular formula is C17H33Cl2N3O. The molecule has 0 aromatic carbocycles. The number of carbonyl (C=O) groups is 1. The number of nitrogens with zero attached hydrogens (tertiary/aromatic N) is 1. The largest absolute Gasteiger partial charge is 0.354 e. The number of fused-ring (bicyclic) bond motifs is 1. The second kappa shape index (κ2) is 9.45. The van der Waals surface area contributed by atoms with Crippen LogP contribution in [0.5, 0.6) is 0 Å². The van der Waals surface area contributed by atoms with E-state index in [0.29, 0.717) is 17.9 Å². The number of carbonyl (C=O) groups excluding carboxylic acids is 1. The number of likely N-dealkylation sites (tertiary alicyclic amines) is 1. The Morgan fingerprint density at radius 3 is 2.78 bits per heavy atom. The van der Waals surface area contributed by atoms with Crippen molar-refractivity contribution in [3.8, 4) is 0 Å². The fourth-order valence-electron chi connectivity index (χ4n) is 4.67. The molecule has 6 heteroatoms. The molecule has 136 valence electrons. The molecule has 1 aliphatic carbocycles. The second-order valence-electron chi connectivity index (χ2n) is 7.37. The van der Waals surface area contributed by atoms with E-state index in [1.807, 2.05) is 0 Å². The fraction of sp³-hybridized carbons (Fsp3) is 0.941. The highest BCUT2D eigenvalue weighted by atomic mass is 35.5. The molecule has 2 aliphatic heterocycles. The lowest BCUT2D eigenvalue weighted by Gasteiger charge is -2.38. The van der Waals surface area contributed by atoms with Gasteiger partial charge in [-0.2, -0.15) is 0 Å². The van der Waals surface area contributed by atoms with Crippen molar-refractivity contribution >= 4 is 30.7 Å². The van der Waals surface area contributed by atoms with E-state index in [2.05, 4.69) is 22.5 Å². The third-order valence-electron chi connectivity index (χ3n) is 6.12. The van der Waals surface area contributed by atoms with Crippen molar-refractivity contribution in [1.82, 2.24) is 15.5 Å². The van der Waals surface area contributed by atoms with E-state index in [0.717, 1.165) is 32.6 Å². The van der Waals surface area contributed by atoms with E-state index >= 15 is 0 Å². The van der Waals surface area contributed by atoms with Crippen LogP contribution in [0.4, 0.5) is 0 Å². The molecule has 0 radical (unpaired) electrons. The predicted octanol–water partition coefficient (Wildman–Crippen LogP) is 2.60. The van der Waals surface area contributed by atoms with Crippen LogP contribution in [0, 0.1) is 11.3 Å². The topological polar surface area (TPSA) is 44.4 Å². The van der Waals surface area contributed by atoms with Crippen LogP contribution >= 0.6 is 24.8 Å². The van der Waals surface area contributed by atoms with Crippen molar-refractivity contribution in [2.45, 2.75) is 57.9 Å². The maximum atomic E-state index is 12.8. The van der Waals surface area contributed by atoms with Crippen LogP contribution in [0.1, 0.15) is 51.9 Å². The van der Waals surface area contributed by atoms with Crippen LogP contribution in [-0.2, 0) is 4.79 Å². The summed E-state index contributed by atoms with van der Waals surface area (Å²) in [5.74, 6) is 0.891. The maximum Gasteiger partial charge on any atom is 0.227 e. The molecule has 3 atom stereocenters. The van der Waals surface area contributed by atoms with Crippen molar-refractivity contribution in [3.63, 3.8) is 0 Å². The van der Waals surface area contributed by atoms with Gasteiger partial charge < -0.3 is 10.6 Å². The van der Waals surface area contributed by atoms with Gasteiger partial charge in [0, 0.05) is 25.7 Å². The van der Waals surface area contributed by atoms with Gasteiger partial charge in [-0.05, 0) is 51.6 Å². The first-order chi connectivity index (χ1) is 10.2. The van der Waals surface area contributed by atoms with Crippen LogP contribution in [0.3, 0.4) is 0 Å². The lowest BCUT2D eigenvalue weighted by atomic mass is 9.67. The Labute approximate surface area is 153 Å². The highest BCUT2D eigenvalue weighted by molar-refractivity contribution is 5.85. The molecule has 3 fully saturated rings. The van der Waals surface area contributed by atoms with Crippen LogP contribution in [0.15, 0.2) is 0 Å². The summed E-state index contributed by atoms with van der Waals surface area (Å²) in [7, 11) is 0. The van der Waals surface area contributed by atoms with Crippen LogP contribution in [-0.4, -0.2) is 49.6 Å². The Morgan fingerprint density at radius 1 is 1.22 bits per heavy atom. The van der Waals surface area contributed by atoms with Gasteiger partial charge in [-0.25, -0.2) is 0 Å².